The van der Waals surface area contributed by atoms with Gasteiger partial charge in [-0.05, 0) is 0 Å². The Kier molecular flexibility index (Phi) is 2.78. The molecular weight excluding hydrogens is 272 g/mol. The first-order valence-corrected chi connectivity index (χ1v) is 6.26. The van der Waals surface area contributed by atoms with E-state index in [9.17, 15) is 9.59 Å². The average Bonchev–Trinajstić information content (AvgIpc) is 3.01. The summed E-state index contributed by atoms with van der Waals surface area (Å²) in [4.78, 5) is 22.8. The number of carbonyl (C=O) groups excluding carboxylic acids is 2. The van der Waals surface area contributed by atoms with Crippen molar-refractivity contribution in [2.24, 2.45) is 5.92 Å². The van der Waals surface area contributed by atoms with Crippen molar-refractivity contribution in [1.29, 1.82) is 0 Å². The summed E-state index contributed by atoms with van der Waals surface area (Å²) in [5.74, 6) is -0.221. The predicted octanol–water partition coefficient (Wildman–Crippen LogP) is 1.85. The monoisotopic (exact) mass is 282 g/mol. The molecule has 0 amide bonds. The molecule has 7 heteroatoms. The van der Waals surface area contributed by atoms with Crippen molar-refractivity contribution in [3.05, 3.63) is 11.6 Å². The van der Waals surface area contributed by atoms with Crippen LogP contribution >= 0.6 is 12.6 Å². The van der Waals surface area contributed by atoms with Gasteiger partial charge in [-0.15, -0.1) is 0 Å². The number of hydrogen-bond acceptors (Lipinski definition) is 7. The van der Waals surface area contributed by atoms with Crippen LogP contribution in [0.1, 0.15) is 17.3 Å². The molecule has 0 saturated heterocycles. The van der Waals surface area contributed by atoms with E-state index in [2.05, 4.69) is 12.6 Å². The van der Waals surface area contributed by atoms with E-state index in [1.165, 1.54) is 0 Å². The Labute approximate surface area is 113 Å². The fourth-order valence-corrected chi connectivity index (χ4v) is 1.93. The second-order valence-electron chi connectivity index (χ2n) is 4.21. The van der Waals surface area contributed by atoms with Gasteiger partial charge in [-0.1, -0.05) is 6.92 Å². The van der Waals surface area contributed by atoms with E-state index in [1.807, 2.05) is 0 Å². The highest BCUT2D eigenvalue weighted by molar-refractivity contribution is 7.80. The summed E-state index contributed by atoms with van der Waals surface area (Å²) in [5, 5.41) is 0. The minimum Gasteiger partial charge on any atom is -0.449 e. The lowest BCUT2D eigenvalue weighted by Crippen LogP contribution is -2.18. The Morgan fingerprint density at radius 2 is 2.32 bits per heavy atom. The van der Waals surface area contributed by atoms with Crippen LogP contribution in [0.25, 0.3) is 11.2 Å². The van der Waals surface area contributed by atoms with Gasteiger partial charge in [-0.3, -0.25) is 4.79 Å². The number of furan rings is 2. The van der Waals surface area contributed by atoms with Gasteiger partial charge in [-0.2, -0.15) is 12.6 Å². The highest BCUT2D eigenvalue weighted by Crippen LogP contribution is 2.48. The maximum atomic E-state index is 11.4. The zero-order valence-corrected chi connectivity index (χ0v) is 10.9. The highest BCUT2D eigenvalue weighted by atomic mass is 32.1. The van der Waals surface area contributed by atoms with Crippen LogP contribution in [0, 0.1) is 5.92 Å². The third-order valence-electron chi connectivity index (χ3n) is 2.86. The molecule has 0 aromatic carbocycles. The first-order valence-electron chi connectivity index (χ1n) is 5.63. The fraction of sp³-hybridized carbons (Fsp3) is 0.333. The van der Waals surface area contributed by atoms with E-state index >= 15 is 0 Å². The van der Waals surface area contributed by atoms with Gasteiger partial charge in [0.15, 0.2) is 11.2 Å². The van der Waals surface area contributed by atoms with Crippen molar-refractivity contribution in [2.45, 2.75) is 6.92 Å². The number of carbonyl (C=O) groups is 2. The van der Waals surface area contributed by atoms with Gasteiger partial charge in [0.25, 0.3) is 0 Å². The zero-order valence-electron chi connectivity index (χ0n) is 9.97. The summed E-state index contributed by atoms with van der Waals surface area (Å²) in [6, 6.07) is 1.54. The minimum absolute atomic E-state index is 0.260. The molecule has 2 aromatic rings. The van der Waals surface area contributed by atoms with Crippen molar-refractivity contribution in [2.75, 3.05) is 12.5 Å². The molecule has 0 aliphatic carbocycles. The highest BCUT2D eigenvalue weighted by Gasteiger charge is 2.36. The Hall–Kier alpha value is -1.89. The smallest absolute Gasteiger partial charge is 0.347 e. The van der Waals surface area contributed by atoms with E-state index in [-0.39, 0.29) is 24.2 Å². The van der Waals surface area contributed by atoms with Gasteiger partial charge in [-0.25, -0.2) is 4.79 Å². The van der Waals surface area contributed by atoms with E-state index in [1.54, 1.807) is 13.0 Å². The van der Waals surface area contributed by atoms with Crippen molar-refractivity contribution in [1.82, 2.24) is 0 Å². The molecule has 100 valence electrons. The largest absolute Gasteiger partial charge is 0.449 e. The maximum Gasteiger partial charge on any atom is 0.347 e. The van der Waals surface area contributed by atoms with Crippen molar-refractivity contribution >= 4 is 35.7 Å². The number of hydrogen-bond donors (Lipinski definition) is 1. The summed E-state index contributed by atoms with van der Waals surface area (Å²) in [5.41, 5.74) is 1.19. The summed E-state index contributed by atoms with van der Waals surface area (Å²) < 4.78 is 20.5. The van der Waals surface area contributed by atoms with Gasteiger partial charge >= 0.3 is 11.9 Å². The first kappa shape index (κ1) is 12.2. The first-order chi connectivity index (χ1) is 9.11. The minimum atomic E-state index is -0.459. The normalized spacial score (nSPS) is 14.7. The van der Waals surface area contributed by atoms with Crippen LogP contribution in [0.3, 0.4) is 0 Å². The molecule has 0 N–H and O–H groups in total. The van der Waals surface area contributed by atoms with E-state index in [0.717, 1.165) is 0 Å². The molecule has 6 nitrogen and oxygen atoms in total. The Morgan fingerprint density at radius 3 is 3.05 bits per heavy atom. The van der Waals surface area contributed by atoms with E-state index in [4.69, 9.17) is 18.6 Å². The Morgan fingerprint density at radius 1 is 1.53 bits per heavy atom. The standard InChI is InChI=1S/C12H10O6S/c1-5(3-19)11(13)16-4-15-9-7-2-6-8(17-7)10(9)18-12(6)14/h2,5,19H,3-4H2,1H3. The van der Waals surface area contributed by atoms with Crippen LogP contribution in [-0.4, -0.2) is 24.5 Å². The van der Waals surface area contributed by atoms with Gasteiger partial charge in [0.05, 0.1) is 5.92 Å². The quantitative estimate of drug-likeness (QED) is 0.512. The Bertz CT molecular complexity index is 646. The predicted molar refractivity (Wildman–Crippen MR) is 67.0 cm³/mol. The van der Waals surface area contributed by atoms with Gasteiger partial charge in [0.1, 0.15) is 5.56 Å². The Balaban J connectivity index is 1.65. The molecule has 1 unspecified atom stereocenters. The molecule has 0 radical (unpaired) electrons. The topological polar surface area (TPSA) is 75.0 Å². The fourth-order valence-electron chi connectivity index (χ4n) is 1.78. The van der Waals surface area contributed by atoms with Crippen LogP contribution in [0.15, 0.2) is 10.5 Å². The molecule has 1 atom stereocenters. The van der Waals surface area contributed by atoms with Crippen LogP contribution in [-0.2, 0) is 9.53 Å². The second-order valence-corrected chi connectivity index (χ2v) is 4.58. The molecule has 2 aromatic heterocycles. The molecule has 0 fully saturated rings. The molecular formula is C12H10O6S. The van der Waals surface area contributed by atoms with Crippen molar-refractivity contribution < 1.29 is 28.2 Å². The van der Waals surface area contributed by atoms with Gasteiger partial charge in [0.2, 0.25) is 18.3 Å². The molecule has 3 heterocycles. The third kappa shape index (κ3) is 1.81. The van der Waals surface area contributed by atoms with Gasteiger partial charge < -0.3 is 18.6 Å². The summed E-state index contributed by atoms with van der Waals surface area (Å²) >= 11 is 4.00. The third-order valence-corrected chi connectivity index (χ3v) is 3.41. The summed E-state index contributed by atoms with van der Waals surface area (Å²) in [6.45, 7) is 1.44. The molecule has 0 saturated carbocycles. The molecule has 1 aliphatic heterocycles. The van der Waals surface area contributed by atoms with Crippen molar-refractivity contribution in [3.63, 3.8) is 0 Å². The van der Waals surface area contributed by atoms with Crippen molar-refractivity contribution in [3.8, 4) is 11.5 Å². The molecule has 3 rings (SSSR count). The van der Waals surface area contributed by atoms with E-state index < -0.39 is 11.9 Å². The second kappa shape index (κ2) is 4.34. The van der Waals surface area contributed by atoms with Gasteiger partial charge in [0, 0.05) is 11.8 Å². The number of esters is 2. The van der Waals surface area contributed by atoms with Crippen LogP contribution in [0.4, 0.5) is 0 Å². The molecule has 0 spiro atoms. The zero-order chi connectivity index (χ0) is 13.6. The lowest BCUT2D eigenvalue weighted by Gasteiger charge is -2.09. The number of ether oxygens (including phenoxy) is 3. The number of thiol groups is 1. The molecule has 1 aliphatic rings. The number of benzene rings is 1. The number of rotatable bonds is 5. The number of fused-ring (bicyclic) bond motifs is 1. The van der Waals surface area contributed by atoms with Crippen LogP contribution < -0.4 is 9.47 Å². The summed E-state index contributed by atoms with van der Waals surface area (Å²) in [7, 11) is 0. The lowest BCUT2D eigenvalue weighted by molar-refractivity contribution is -0.153. The van der Waals surface area contributed by atoms with Crippen LogP contribution in [0.5, 0.6) is 11.5 Å². The summed E-state index contributed by atoms with van der Waals surface area (Å²) in [6.07, 6.45) is 0. The molecule has 2 bridgehead atoms. The molecule has 19 heavy (non-hydrogen) atoms. The SMILES string of the molecule is CC(CS)C(=O)OCOc1c2c3oc1cc3C(=O)O2. The maximum absolute atomic E-state index is 11.4. The van der Waals surface area contributed by atoms with Crippen LogP contribution in [0.2, 0.25) is 0 Å². The average molecular weight is 282 g/mol. The lowest BCUT2D eigenvalue weighted by atomic mass is 10.2. The van der Waals surface area contributed by atoms with E-state index in [0.29, 0.717) is 22.5 Å².